The third kappa shape index (κ3) is 3.21. The molecular weight excluding hydrogens is 300 g/mol. The zero-order chi connectivity index (χ0) is 14.8. The summed E-state index contributed by atoms with van der Waals surface area (Å²) in [5, 5.41) is 10.1. The lowest BCUT2D eigenvalue weighted by molar-refractivity contribution is 0.0702. The highest BCUT2D eigenvalue weighted by molar-refractivity contribution is 7.89. The van der Waals surface area contributed by atoms with E-state index in [1.165, 1.54) is 5.38 Å². The Morgan fingerprint density at radius 2 is 2.20 bits per heavy atom. The molecule has 0 amide bonds. The van der Waals surface area contributed by atoms with Gasteiger partial charge in [-0.3, -0.25) is 4.98 Å². The van der Waals surface area contributed by atoms with Crippen molar-refractivity contribution in [2.45, 2.75) is 17.9 Å². The number of thiophene rings is 1. The van der Waals surface area contributed by atoms with Gasteiger partial charge < -0.3 is 5.11 Å². The maximum absolute atomic E-state index is 12.1. The van der Waals surface area contributed by atoms with Crippen LogP contribution < -0.4 is 4.72 Å². The van der Waals surface area contributed by atoms with Crippen LogP contribution in [0, 0.1) is 0 Å². The number of hydrogen-bond donors (Lipinski definition) is 2. The molecule has 1 atom stereocenters. The second-order valence-corrected chi connectivity index (χ2v) is 6.67. The molecule has 0 saturated heterocycles. The molecule has 0 spiro atoms. The normalized spacial score (nSPS) is 13.1. The molecule has 20 heavy (non-hydrogen) atoms. The first-order chi connectivity index (χ1) is 9.40. The smallest absolute Gasteiger partial charge is 0.345 e. The number of hydrogen-bond acceptors (Lipinski definition) is 5. The van der Waals surface area contributed by atoms with Crippen molar-refractivity contribution in [2.24, 2.45) is 0 Å². The van der Waals surface area contributed by atoms with E-state index in [0.717, 1.165) is 17.4 Å². The summed E-state index contributed by atoms with van der Waals surface area (Å²) in [6.07, 6.45) is 1.58. The van der Waals surface area contributed by atoms with Crippen LogP contribution in [-0.4, -0.2) is 24.5 Å². The fourth-order valence-electron chi connectivity index (χ4n) is 1.57. The maximum atomic E-state index is 12.1. The van der Waals surface area contributed by atoms with Gasteiger partial charge >= 0.3 is 5.97 Å². The van der Waals surface area contributed by atoms with Crippen LogP contribution >= 0.6 is 11.3 Å². The number of aromatic carboxylic acids is 1. The number of nitrogens with one attached hydrogen (secondary N) is 1. The lowest BCUT2D eigenvalue weighted by Gasteiger charge is -2.12. The molecule has 8 heteroatoms. The van der Waals surface area contributed by atoms with Crippen molar-refractivity contribution in [3.8, 4) is 0 Å². The van der Waals surface area contributed by atoms with Crippen LogP contribution in [0.15, 0.2) is 40.7 Å². The van der Waals surface area contributed by atoms with Gasteiger partial charge in [0.05, 0.1) is 16.6 Å². The van der Waals surface area contributed by atoms with Gasteiger partial charge in [0.1, 0.15) is 4.88 Å². The highest BCUT2D eigenvalue weighted by Gasteiger charge is 2.21. The van der Waals surface area contributed by atoms with E-state index in [2.05, 4.69) is 9.71 Å². The fraction of sp³-hybridized carbons (Fsp3) is 0.167. The summed E-state index contributed by atoms with van der Waals surface area (Å²) in [5.41, 5.74) is 0.588. The molecule has 2 aromatic heterocycles. The number of carbonyl (C=O) groups is 1. The van der Waals surface area contributed by atoms with Crippen molar-refractivity contribution < 1.29 is 18.3 Å². The summed E-state index contributed by atoms with van der Waals surface area (Å²) >= 11 is 0.873. The second kappa shape index (κ2) is 5.70. The molecule has 0 bridgehead atoms. The van der Waals surface area contributed by atoms with E-state index in [9.17, 15) is 13.2 Å². The van der Waals surface area contributed by atoms with Crippen LogP contribution in [0.4, 0.5) is 0 Å². The Bertz CT molecular complexity index is 710. The third-order valence-corrected chi connectivity index (χ3v) is 5.15. The highest BCUT2D eigenvalue weighted by atomic mass is 32.2. The molecule has 0 unspecified atom stereocenters. The zero-order valence-electron chi connectivity index (χ0n) is 10.5. The third-order valence-electron chi connectivity index (χ3n) is 2.56. The number of sulfonamides is 1. The standard InChI is InChI=1S/C12H12N2O4S2/c1-8(10-4-2-3-5-13-10)14-20(17,18)9-6-11(12(15)16)19-7-9/h2-8,14H,1H3,(H,15,16)/t8-/m1/s1. The highest BCUT2D eigenvalue weighted by Crippen LogP contribution is 2.21. The monoisotopic (exact) mass is 312 g/mol. The molecule has 2 aromatic rings. The topological polar surface area (TPSA) is 96.4 Å². The van der Waals surface area contributed by atoms with Gasteiger partial charge in [-0.25, -0.2) is 17.9 Å². The second-order valence-electron chi connectivity index (χ2n) is 4.05. The number of rotatable bonds is 5. The van der Waals surface area contributed by atoms with Crippen LogP contribution in [0.25, 0.3) is 0 Å². The number of nitrogens with zero attached hydrogens (tertiary/aromatic N) is 1. The number of aromatic nitrogens is 1. The Morgan fingerprint density at radius 1 is 1.45 bits per heavy atom. The van der Waals surface area contributed by atoms with Gasteiger partial charge in [-0.1, -0.05) is 6.07 Å². The Morgan fingerprint density at radius 3 is 2.75 bits per heavy atom. The fourth-order valence-corrected chi connectivity index (χ4v) is 3.89. The van der Waals surface area contributed by atoms with Gasteiger partial charge in [-0.2, -0.15) is 0 Å². The Balaban J connectivity index is 2.20. The van der Waals surface area contributed by atoms with Crippen LogP contribution in [0.5, 0.6) is 0 Å². The van der Waals surface area contributed by atoms with Crippen molar-refractivity contribution in [1.82, 2.24) is 9.71 Å². The molecule has 106 valence electrons. The Hall–Kier alpha value is -1.77. The van der Waals surface area contributed by atoms with Crippen LogP contribution in [0.1, 0.15) is 28.3 Å². The average molecular weight is 312 g/mol. The van der Waals surface area contributed by atoms with Gasteiger partial charge in [-0.05, 0) is 25.1 Å². The minimum absolute atomic E-state index is 0.0177. The van der Waals surface area contributed by atoms with Gasteiger partial charge in [0.2, 0.25) is 10.0 Å². The maximum Gasteiger partial charge on any atom is 0.345 e. The summed E-state index contributed by atoms with van der Waals surface area (Å²) in [5.74, 6) is -1.14. The number of pyridine rings is 1. The molecule has 6 nitrogen and oxygen atoms in total. The van der Waals surface area contributed by atoms with Gasteiger partial charge in [0, 0.05) is 11.6 Å². The largest absolute Gasteiger partial charge is 0.477 e. The molecule has 0 saturated carbocycles. The molecule has 2 heterocycles. The van der Waals surface area contributed by atoms with Gasteiger partial charge in [-0.15, -0.1) is 11.3 Å². The van der Waals surface area contributed by atoms with Crippen molar-refractivity contribution in [3.63, 3.8) is 0 Å². The van der Waals surface area contributed by atoms with Crippen molar-refractivity contribution >= 4 is 27.3 Å². The molecule has 0 aliphatic heterocycles. The predicted octanol–water partition coefficient (Wildman–Crippen LogP) is 1.88. The quantitative estimate of drug-likeness (QED) is 0.878. The first-order valence-corrected chi connectivity index (χ1v) is 8.01. The van der Waals surface area contributed by atoms with E-state index in [-0.39, 0.29) is 9.77 Å². The molecular formula is C12H12N2O4S2. The molecule has 2 N–H and O–H groups in total. The summed E-state index contributed by atoms with van der Waals surface area (Å²) in [4.78, 5) is 14.8. The van der Waals surface area contributed by atoms with E-state index < -0.39 is 22.0 Å². The van der Waals surface area contributed by atoms with Gasteiger partial charge in [0.25, 0.3) is 0 Å². The molecule has 2 rings (SSSR count). The SMILES string of the molecule is C[C@@H](NS(=O)(=O)c1csc(C(=O)O)c1)c1ccccn1. The molecule has 0 aliphatic rings. The summed E-state index contributed by atoms with van der Waals surface area (Å²) in [6, 6.07) is 5.85. The van der Waals surface area contributed by atoms with Crippen molar-refractivity contribution in [2.75, 3.05) is 0 Å². The van der Waals surface area contributed by atoms with E-state index >= 15 is 0 Å². The number of carboxylic acid groups (broad SMARTS) is 1. The van der Waals surface area contributed by atoms with Crippen molar-refractivity contribution in [3.05, 3.63) is 46.4 Å². The lowest BCUT2D eigenvalue weighted by Crippen LogP contribution is -2.27. The lowest BCUT2D eigenvalue weighted by atomic mass is 10.2. The van der Waals surface area contributed by atoms with Crippen LogP contribution in [0.2, 0.25) is 0 Å². The average Bonchev–Trinajstić information content (AvgIpc) is 2.90. The number of carboxylic acids is 1. The van der Waals surface area contributed by atoms with E-state index in [0.29, 0.717) is 5.69 Å². The van der Waals surface area contributed by atoms with Gasteiger partial charge in [0.15, 0.2) is 0 Å². The minimum Gasteiger partial charge on any atom is -0.477 e. The first kappa shape index (κ1) is 14.6. The molecule has 0 aliphatic carbocycles. The van der Waals surface area contributed by atoms with Crippen LogP contribution in [-0.2, 0) is 10.0 Å². The predicted molar refractivity (Wildman–Crippen MR) is 74.3 cm³/mol. The zero-order valence-corrected chi connectivity index (χ0v) is 12.1. The minimum atomic E-state index is -3.76. The summed E-state index contributed by atoms with van der Waals surface area (Å²) in [6.45, 7) is 1.67. The van der Waals surface area contributed by atoms with E-state index in [4.69, 9.17) is 5.11 Å². The van der Waals surface area contributed by atoms with Crippen LogP contribution in [0.3, 0.4) is 0 Å². The molecule has 0 radical (unpaired) electrons. The van der Waals surface area contributed by atoms with E-state index in [1.807, 2.05) is 0 Å². The Kier molecular flexibility index (Phi) is 4.17. The summed E-state index contributed by atoms with van der Waals surface area (Å²) in [7, 11) is -3.76. The summed E-state index contributed by atoms with van der Waals surface area (Å²) < 4.78 is 26.7. The molecule has 0 aromatic carbocycles. The van der Waals surface area contributed by atoms with E-state index in [1.54, 1.807) is 31.3 Å². The van der Waals surface area contributed by atoms with Crippen molar-refractivity contribution in [1.29, 1.82) is 0 Å². The Labute approximate surface area is 120 Å². The molecule has 0 fully saturated rings. The first-order valence-electron chi connectivity index (χ1n) is 5.65.